The summed E-state index contributed by atoms with van der Waals surface area (Å²) in [5, 5.41) is 0. The number of carbonyl (C=O) groups excluding carboxylic acids is 1. The summed E-state index contributed by atoms with van der Waals surface area (Å²) in [5.74, 6) is 0.135. The largest absolute Gasteiger partial charge is 0.245 e. The second kappa shape index (κ2) is 5.04. The van der Waals surface area contributed by atoms with Gasteiger partial charge >= 0.3 is 0 Å². The average molecular weight is 171 g/mol. The van der Waals surface area contributed by atoms with Crippen LogP contribution in [0.25, 0.3) is 0 Å². The van der Waals surface area contributed by atoms with Crippen LogP contribution in [0.5, 0.6) is 0 Å². The molecule has 2 nitrogen and oxygen atoms in total. The lowest BCUT2D eigenvalue weighted by molar-refractivity contribution is 0.187. The smallest absolute Gasteiger partial charge is 0.235 e. The number of rotatable bonds is 3. The Bertz CT molecular complexity index is 171. The van der Waals surface area contributed by atoms with Crippen LogP contribution in [0.3, 0.4) is 0 Å². The van der Waals surface area contributed by atoms with E-state index in [2.05, 4.69) is 4.99 Å². The van der Waals surface area contributed by atoms with E-state index in [9.17, 15) is 9.18 Å². The number of isocyanates is 1. The Hall–Kier alpha value is -0.690. The summed E-state index contributed by atoms with van der Waals surface area (Å²) in [4.78, 5) is 13.0. The Morgan fingerprint density at radius 3 is 2.67 bits per heavy atom. The van der Waals surface area contributed by atoms with E-state index >= 15 is 0 Å². The highest BCUT2D eigenvalue weighted by Gasteiger charge is 2.22. The molecule has 3 heteroatoms. The van der Waals surface area contributed by atoms with Crippen LogP contribution in [0, 0.1) is 5.92 Å². The van der Waals surface area contributed by atoms with Crippen molar-refractivity contribution in [1.29, 1.82) is 0 Å². The minimum atomic E-state index is -0.924. The molecule has 0 aromatic carbocycles. The van der Waals surface area contributed by atoms with Gasteiger partial charge in [-0.05, 0) is 18.8 Å². The highest BCUT2D eigenvalue weighted by atomic mass is 19.1. The molecule has 0 amide bonds. The van der Waals surface area contributed by atoms with Crippen molar-refractivity contribution >= 4 is 6.08 Å². The molecule has 0 N–H and O–H groups in total. The van der Waals surface area contributed by atoms with Crippen LogP contribution in [0.4, 0.5) is 4.39 Å². The maximum atomic E-state index is 13.2. The van der Waals surface area contributed by atoms with Crippen molar-refractivity contribution in [1.82, 2.24) is 0 Å². The monoisotopic (exact) mass is 171 g/mol. The topological polar surface area (TPSA) is 29.4 Å². The minimum absolute atomic E-state index is 0.00810. The van der Waals surface area contributed by atoms with Gasteiger partial charge < -0.3 is 0 Å². The number of hydrogen-bond donors (Lipinski definition) is 0. The standard InChI is InChI=1S/C9H14FNO/c10-9(6-11-7-12)8-4-2-1-3-5-8/h8-9H,1-6H2. The molecule has 0 aromatic heterocycles. The molecule has 0 heterocycles. The van der Waals surface area contributed by atoms with E-state index in [-0.39, 0.29) is 12.5 Å². The maximum Gasteiger partial charge on any atom is 0.235 e. The van der Waals surface area contributed by atoms with E-state index in [1.165, 1.54) is 12.5 Å². The first kappa shape index (κ1) is 9.40. The Morgan fingerprint density at radius 2 is 2.08 bits per heavy atom. The number of hydrogen-bond acceptors (Lipinski definition) is 2. The van der Waals surface area contributed by atoms with Gasteiger partial charge in [-0.2, -0.15) is 0 Å². The molecule has 1 aliphatic rings. The molecule has 1 saturated carbocycles. The summed E-state index contributed by atoms with van der Waals surface area (Å²) in [7, 11) is 0. The van der Waals surface area contributed by atoms with Gasteiger partial charge in [-0.25, -0.2) is 14.2 Å². The normalized spacial score (nSPS) is 21.4. The number of halogens is 1. The van der Waals surface area contributed by atoms with Crippen LogP contribution in [0.15, 0.2) is 4.99 Å². The fourth-order valence-corrected chi connectivity index (χ4v) is 1.77. The zero-order chi connectivity index (χ0) is 8.81. The lowest BCUT2D eigenvalue weighted by Gasteiger charge is -2.23. The van der Waals surface area contributed by atoms with Crippen LogP contribution in [-0.4, -0.2) is 18.8 Å². The van der Waals surface area contributed by atoms with Crippen LogP contribution < -0.4 is 0 Å². The Kier molecular flexibility index (Phi) is 3.95. The van der Waals surface area contributed by atoms with E-state index < -0.39 is 6.17 Å². The van der Waals surface area contributed by atoms with E-state index in [1.54, 1.807) is 0 Å². The molecule has 1 unspecified atom stereocenters. The van der Waals surface area contributed by atoms with Crippen molar-refractivity contribution in [3.05, 3.63) is 0 Å². The summed E-state index contributed by atoms with van der Waals surface area (Å²) in [5.41, 5.74) is 0. The fourth-order valence-electron chi connectivity index (χ4n) is 1.77. The van der Waals surface area contributed by atoms with Crippen LogP contribution in [-0.2, 0) is 4.79 Å². The SMILES string of the molecule is O=C=NCC(F)C1CCCCC1. The molecule has 0 bridgehead atoms. The van der Waals surface area contributed by atoms with Crippen LogP contribution in [0.1, 0.15) is 32.1 Å². The molecule has 1 aliphatic carbocycles. The predicted octanol–water partition coefficient (Wildman–Crippen LogP) is 2.24. The Balaban J connectivity index is 2.28. The van der Waals surface area contributed by atoms with Gasteiger partial charge in [-0.3, -0.25) is 0 Å². The third kappa shape index (κ3) is 2.74. The van der Waals surface area contributed by atoms with E-state index in [0.29, 0.717) is 0 Å². The van der Waals surface area contributed by atoms with Gasteiger partial charge in [-0.1, -0.05) is 19.3 Å². The van der Waals surface area contributed by atoms with Gasteiger partial charge in [0, 0.05) is 0 Å². The summed E-state index contributed by atoms with van der Waals surface area (Å²) in [6.45, 7) is 0.00810. The van der Waals surface area contributed by atoms with Crippen molar-refractivity contribution in [2.24, 2.45) is 10.9 Å². The van der Waals surface area contributed by atoms with Crippen LogP contribution >= 0.6 is 0 Å². The van der Waals surface area contributed by atoms with Crippen molar-refractivity contribution in [3.8, 4) is 0 Å². The lowest BCUT2D eigenvalue weighted by Crippen LogP contribution is -2.21. The van der Waals surface area contributed by atoms with Crippen LogP contribution in [0.2, 0.25) is 0 Å². The molecule has 68 valence electrons. The zero-order valence-corrected chi connectivity index (χ0v) is 7.13. The summed E-state index contributed by atoms with van der Waals surface area (Å²) in [6.07, 6.45) is 5.82. The molecule has 1 atom stereocenters. The zero-order valence-electron chi connectivity index (χ0n) is 7.13. The third-order valence-electron chi connectivity index (χ3n) is 2.49. The molecule has 1 rings (SSSR count). The summed E-state index contributed by atoms with van der Waals surface area (Å²) >= 11 is 0. The first-order valence-electron chi connectivity index (χ1n) is 4.52. The molecule has 0 saturated heterocycles. The van der Waals surface area contributed by atoms with Gasteiger partial charge in [0.25, 0.3) is 0 Å². The van der Waals surface area contributed by atoms with Gasteiger partial charge in [0.05, 0.1) is 6.54 Å². The molecule has 0 radical (unpaired) electrons. The Morgan fingerprint density at radius 1 is 1.42 bits per heavy atom. The predicted molar refractivity (Wildman–Crippen MR) is 44.5 cm³/mol. The van der Waals surface area contributed by atoms with E-state index in [1.807, 2.05) is 0 Å². The molecular weight excluding hydrogens is 157 g/mol. The number of aliphatic imine (C=N–C) groups is 1. The van der Waals surface area contributed by atoms with Crippen molar-refractivity contribution in [2.45, 2.75) is 38.3 Å². The molecule has 0 aromatic rings. The Labute approximate surface area is 71.9 Å². The van der Waals surface area contributed by atoms with E-state index in [4.69, 9.17) is 0 Å². The number of alkyl halides is 1. The van der Waals surface area contributed by atoms with Gasteiger partial charge in [0.1, 0.15) is 6.17 Å². The van der Waals surface area contributed by atoms with Gasteiger partial charge in [0.15, 0.2) is 0 Å². The lowest BCUT2D eigenvalue weighted by atomic mass is 9.86. The second-order valence-corrected chi connectivity index (χ2v) is 3.35. The highest BCUT2D eigenvalue weighted by molar-refractivity contribution is 5.32. The molecule has 0 spiro atoms. The third-order valence-corrected chi connectivity index (χ3v) is 2.49. The molecule has 0 aliphatic heterocycles. The first-order chi connectivity index (χ1) is 5.84. The van der Waals surface area contributed by atoms with Gasteiger partial charge in [0.2, 0.25) is 6.08 Å². The number of nitrogens with zero attached hydrogens (tertiary/aromatic N) is 1. The fraction of sp³-hybridized carbons (Fsp3) is 0.889. The minimum Gasteiger partial charge on any atom is -0.245 e. The van der Waals surface area contributed by atoms with E-state index in [0.717, 1.165) is 25.7 Å². The van der Waals surface area contributed by atoms with Crippen molar-refractivity contribution in [3.63, 3.8) is 0 Å². The maximum absolute atomic E-state index is 13.2. The van der Waals surface area contributed by atoms with Gasteiger partial charge in [-0.15, -0.1) is 0 Å². The molecule has 1 fully saturated rings. The van der Waals surface area contributed by atoms with Crippen molar-refractivity contribution in [2.75, 3.05) is 6.54 Å². The average Bonchev–Trinajstić information content (AvgIpc) is 2.15. The quantitative estimate of drug-likeness (QED) is 0.473. The highest BCUT2D eigenvalue weighted by Crippen LogP contribution is 2.27. The summed E-state index contributed by atoms with van der Waals surface area (Å²) in [6, 6.07) is 0. The first-order valence-corrected chi connectivity index (χ1v) is 4.52. The molecule has 12 heavy (non-hydrogen) atoms. The molecular formula is C9H14FNO. The summed E-state index contributed by atoms with van der Waals surface area (Å²) < 4.78 is 13.2. The second-order valence-electron chi connectivity index (χ2n) is 3.35. The van der Waals surface area contributed by atoms with Crippen molar-refractivity contribution < 1.29 is 9.18 Å².